The summed E-state index contributed by atoms with van der Waals surface area (Å²) in [5.41, 5.74) is 12.1. The summed E-state index contributed by atoms with van der Waals surface area (Å²) in [4.78, 5) is 50.4. The number of carbonyl (C=O) groups is 3. The van der Waals surface area contributed by atoms with Gasteiger partial charge in [0.15, 0.2) is 5.82 Å². The molecular weight excluding hydrogens is 792 g/mol. The lowest BCUT2D eigenvalue weighted by Gasteiger charge is -2.39. The van der Waals surface area contributed by atoms with Crippen LogP contribution in [0.3, 0.4) is 0 Å². The van der Waals surface area contributed by atoms with Gasteiger partial charge in [-0.05, 0) is 86.1 Å². The van der Waals surface area contributed by atoms with Crippen LogP contribution in [0.25, 0.3) is 22.3 Å². The molecule has 9 rings (SSSR count). The van der Waals surface area contributed by atoms with Gasteiger partial charge in [-0.15, -0.1) is 10.2 Å². The number of aromatic hydroxyl groups is 1. The Morgan fingerprint density at radius 3 is 2.52 bits per heavy atom. The van der Waals surface area contributed by atoms with E-state index in [0.717, 1.165) is 54.6 Å². The number of pyridine rings is 1. The summed E-state index contributed by atoms with van der Waals surface area (Å²) in [5, 5.41) is 22.1. The van der Waals surface area contributed by atoms with Gasteiger partial charge in [-0.2, -0.15) is 0 Å². The van der Waals surface area contributed by atoms with E-state index in [4.69, 9.17) is 15.5 Å². The average Bonchev–Trinajstić information content (AvgIpc) is 3.64. The van der Waals surface area contributed by atoms with Crippen molar-refractivity contribution >= 4 is 46.1 Å². The third-order valence-corrected chi connectivity index (χ3v) is 13.0. The number of nitrogens with zero attached hydrogens (tertiary/aromatic N) is 8. The van der Waals surface area contributed by atoms with Crippen LogP contribution >= 0.6 is 0 Å². The molecule has 0 spiro atoms. The van der Waals surface area contributed by atoms with Gasteiger partial charge in [0.1, 0.15) is 23.7 Å². The highest BCUT2D eigenvalue weighted by molar-refractivity contribution is 6.06. The smallest absolute Gasteiger partial charge is 0.328 e. The minimum absolute atomic E-state index is 0.00643. The third-order valence-electron chi connectivity index (χ3n) is 13.0. The normalized spacial score (nSPS) is 22.9. The fraction of sp³-hybridized carbons (Fsp3) is 0.435. The van der Waals surface area contributed by atoms with Crippen LogP contribution in [0.2, 0.25) is 0 Å². The predicted molar refractivity (Wildman–Crippen MR) is 234 cm³/mol. The number of carbonyl (C=O) groups excluding carboxylic acids is 3. The Kier molecular flexibility index (Phi) is 11.5. The third kappa shape index (κ3) is 8.28. The number of benzene rings is 2. The lowest BCUT2D eigenvalue weighted by atomic mass is 9.93. The number of ether oxygens (including phenoxy) is 1. The molecule has 4 amide bonds. The van der Waals surface area contributed by atoms with Crippen LogP contribution in [0.4, 0.5) is 26.4 Å². The lowest BCUT2D eigenvalue weighted by Crippen LogP contribution is -2.49. The highest BCUT2D eigenvalue weighted by atomic mass is 19.1. The number of nitrogens with one attached hydrogen (secondary N) is 1. The molecule has 7 heterocycles. The second-order valence-electron chi connectivity index (χ2n) is 17.1. The first-order valence-electron chi connectivity index (χ1n) is 21.7. The summed E-state index contributed by atoms with van der Waals surface area (Å²) in [5.74, 6) is 0.509. The molecule has 4 atom stereocenters. The number of urea groups is 1. The summed E-state index contributed by atoms with van der Waals surface area (Å²) in [6.45, 7) is 8.70. The van der Waals surface area contributed by atoms with Gasteiger partial charge in [0, 0.05) is 81.5 Å². The molecule has 3 aromatic heterocycles. The van der Waals surface area contributed by atoms with Crippen molar-refractivity contribution in [3.63, 3.8) is 0 Å². The van der Waals surface area contributed by atoms with Crippen LogP contribution in [-0.2, 0) is 16.0 Å². The SMILES string of the molecule is CCc1cn([C@H]2CCN(CC3CCN(C(=O)c4ccc([C@@H]5CN(c6cc(-c7ccccc7O)nnc6N)C[C@H](C)O5)cc4)CC3)C[C@@H]2F)c2ncc(N3CCC(=O)NC3=O)cc12. The highest BCUT2D eigenvalue weighted by Crippen LogP contribution is 2.37. The molecule has 0 unspecified atom stereocenters. The number of anilines is 3. The zero-order valence-corrected chi connectivity index (χ0v) is 35.1. The Bertz CT molecular complexity index is 2470. The fourth-order valence-electron chi connectivity index (χ4n) is 9.62. The summed E-state index contributed by atoms with van der Waals surface area (Å²) in [6.07, 6.45) is 5.55. The lowest BCUT2D eigenvalue weighted by molar-refractivity contribution is -0.120. The van der Waals surface area contributed by atoms with Gasteiger partial charge in [-0.25, -0.2) is 14.2 Å². The first-order chi connectivity index (χ1) is 30.0. The van der Waals surface area contributed by atoms with Crippen LogP contribution in [0, 0.1) is 5.92 Å². The Balaban J connectivity index is 0.778. The first-order valence-corrected chi connectivity index (χ1v) is 21.7. The van der Waals surface area contributed by atoms with Crippen molar-refractivity contribution in [2.45, 2.75) is 70.4 Å². The van der Waals surface area contributed by atoms with Gasteiger partial charge in [-0.3, -0.25) is 19.8 Å². The fourth-order valence-corrected chi connectivity index (χ4v) is 9.62. The summed E-state index contributed by atoms with van der Waals surface area (Å²) < 4.78 is 24.4. The maximum atomic E-state index is 16.1. The zero-order valence-electron chi connectivity index (χ0n) is 35.1. The van der Waals surface area contributed by atoms with Crippen molar-refractivity contribution in [3.05, 3.63) is 89.7 Å². The van der Waals surface area contributed by atoms with Crippen LogP contribution in [0.1, 0.15) is 73.2 Å². The molecule has 62 heavy (non-hydrogen) atoms. The number of halogens is 1. The number of amides is 4. The zero-order chi connectivity index (χ0) is 43.1. The minimum atomic E-state index is -1.08. The number of rotatable bonds is 9. The van der Waals surface area contributed by atoms with Gasteiger partial charge in [0.05, 0.1) is 35.4 Å². The number of nitrogen functional groups attached to an aromatic ring is 1. The monoisotopic (exact) mass is 844 g/mol. The van der Waals surface area contributed by atoms with Crippen LogP contribution < -0.4 is 20.9 Å². The average molecular weight is 845 g/mol. The van der Waals surface area contributed by atoms with E-state index in [-0.39, 0.29) is 42.2 Å². The molecular formula is C46H53FN10O5. The molecule has 0 saturated carbocycles. The largest absolute Gasteiger partial charge is 0.507 e. The topological polar surface area (TPSA) is 175 Å². The van der Waals surface area contributed by atoms with Crippen LogP contribution in [0.5, 0.6) is 5.75 Å². The molecule has 0 bridgehead atoms. The van der Waals surface area contributed by atoms with E-state index >= 15 is 4.39 Å². The molecule has 4 aliphatic heterocycles. The van der Waals surface area contributed by atoms with Crippen molar-refractivity contribution in [2.24, 2.45) is 5.92 Å². The molecule has 2 aromatic carbocycles. The summed E-state index contributed by atoms with van der Waals surface area (Å²) in [6, 6.07) is 17.7. The Labute approximate surface area is 359 Å². The number of phenolic OH excluding ortho intramolecular Hbond substituents is 1. The standard InChI is InChI=1S/C46H53FN10O5/c1-3-30-25-57(44-35(30)20-33(22-49-44)56-19-15-42(59)50-46(56)61)38-14-16-53(26-36(38)47)24-29-12-17-54(18-13-29)45(60)32-10-8-31(9-11-32)41-27-55(23-28(2)62-41)39-21-37(51-52-43(39)48)34-6-4-5-7-40(34)58/h4-11,20-22,25,28-29,36,38,41,58H,3,12-19,23-24,26-27H2,1-2H3,(H2,48,52)(H,50,59,61)/t28-,36-,38-,41-/m0/s1. The van der Waals surface area contributed by atoms with Crippen molar-refractivity contribution in [1.29, 1.82) is 0 Å². The predicted octanol–water partition coefficient (Wildman–Crippen LogP) is 5.89. The molecule has 0 radical (unpaired) electrons. The highest BCUT2D eigenvalue weighted by Gasteiger charge is 2.35. The molecule has 324 valence electrons. The number of hydrogen-bond donors (Lipinski definition) is 3. The van der Waals surface area contributed by atoms with Crippen LogP contribution in [0.15, 0.2) is 73.1 Å². The number of aryl methyl sites for hydroxylation is 1. The Morgan fingerprint density at radius 1 is 0.984 bits per heavy atom. The minimum Gasteiger partial charge on any atom is -0.507 e. The van der Waals surface area contributed by atoms with Gasteiger partial charge in [0.2, 0.25) is 5.91 Å². The maximum absolute atomic E-state index is 16.1. The van der Waals surface area contributed by atoms with Crippen LogP contribution in [-0.4, -0.2) is 117 Å². The number of hydrogen-bond acceptors (Lipinski definition) is 11. The number of piperidine rings is 2. The number of morpholine rings is 1. The number of imide groups is 1. The van der Waals surface area contributed by atoms with E-state index in [2.05, 4.69) is 32.2 Å². The number of likely N-dealkylation sites (tertiary alicyclic amines) is 2. The Morgan fingerprint density at radius 2 is 1.77 bits per heavy atom. The van der Waals surface area contributed by atoms with E-state index in [1.807, 2.05) is 65.1 Å². The number of alkyl halides is 1. The van der Waals surface area contributed by atoms with Crippen molar-refractivity contribution in [1.82, 2.24) is 34.9 Å². The van der Waals surface area contributed by atoms with E-state index < -0.39 is 12.2 Å². The van der Waals surface area contributed by atoms with E-state index in [1.54, 1.807) is 24.4 Å². The second kappa shape index (κ2) is 17.3. The number of nitrogens with two attached hydrogens (primary N) is 1. The van der Waals surface area contributed by atoms with E-state index in [1.165, 1.54) is 4.90 Å². The maximum Gasteiger partial charge on any atom is 0.328 e. The van der Waals surface area contributed by atoms with Gasteiger partial charge < -0.3 is 34.8 Å². The van der Waals surface area contributed by atoms with Crippen molar-refractivity contribution in [3.8, 4) is 17.0 Å². The number of fused-ring (bicyclic) bond motifs is 1. The molecule has 4 aliphatic rings. The first kappa shape index (κ1) is 41.2. The number of aromatic nitrogens is 4. The number of phenols is 1. The van der Waals surface area contributed by atoms with Gasteiger partial charge in [-0.1, -0.05) is 31.2 Å². The van der Waals surface area contributed by atoms with E-state index in [0.29, 0.717) is 85.6 Å². The number of para-hydroxylation sites is 1. The molecule has 4 N–H and O–H groups in total. The molecule has 5 aromatic rings. The molecule has 15 nitrogen and oxygen atoms in total. The van der Waals surface area contributed by atoms with Crippen molar-refractivity contribution < 1.29 is 28.6 Å². The summed E-state index contributed by atoms with van der Waals surface area (Å²) >= 11 is 0. The summed E-state index contributed by atoms with van der Waals surface area (Å²) in [7, 11) is 0. The van der Waals surface area contributed by atoms with E-state index in [9.17, 15) is 19.5 Å². The van der Waals surface area contributed by atoms with Crippen molar-refractivity contribution in [2.75, 3.05) is 67.9 Å². The quantitative estimate of drug-likeness (QED) is 0.161. The van der Waals surface area contributed by atoms with Gasteiger partial charge in [0.25, 0.3) is 5.91 Å². The molecule has 16 heteroatoms. The second-order valence-corrected chi connectivity index (χ2v) is 17.1. The molecule has 0 aliphatic carbocycles. The Hall–Kier alpha value is -6.13. The van der Waals surface area contributed by atoms with Gasteiger partial charge >= 0.3 is 6.03 Å². The molecule has 4 saturated heterocycles. The molecule has 4 fully saturated rings.